The Kier molecular flexibility index (Phi) is 3.27. The topological polar surface area (TPSA) is 35.2 Å². The summed E-state index contributed by atoms with van der Waals surface area (Å²) in [6, 6.07) is 14.9. The third kappa shape index (κ3) is 2.01. The molecule has 2 nitrogen and oxygen atoms in total. The van der Waals surface area contributed by atoms with E-state index in [1.54, 1.807) is 0 Å². The molecule has 0 spiro atoms. The summed E-state index contributed by atoms with van der Waals surface area (Å²) in [5, 5.41) is 0. The second kappa shape index (κ2) is 4.95. The van der Waals surface area contributed by atoms with E-state index in [9.17, 15) is 0 Å². The lowest BCUT2D eigenvalue weighted by Gasteiger charge is -2.30. The summed E-state index contributed by atoms with van der Waals surface area (Å²) in [5.41, 5.74) is 11.4. The third-order valence-corrected chi connectivity index (χ3v) is 4.16. The van der Waals surface area contributed by atoms with Gasteiger partial charge in [0.05, 0.1) is 6.61 Å². The fourth-order valence-electron chi connectivity index (χ4n) is 3.17. The highest BCUT2D eigenvalue weighted by molar-refractivity contribution is 5.51. The first-order chi connectivity index (χ1) is 9.65. The molecule has 104 valence electrons. The molecule has 20 heavy (non-hydrogen) atoms. The zero-order valence-electron chi connectivity index (χ0n) is 12.1. The fourth-order valence-corrected chi connectivity index (χ4v) is 3.17. The molecule has 0 aliphatic carbocycles. The van der Waals surface area contributed by atoms with Gasteiger partial charge in [0, 0.05) is 5.69 Å². The molecule has 0 amide bonds. The molecule has 1 unspecified atom stereocenters. The van der Waals surface area contributed by atoms with Gasteiger partial charge in [-0.15, -0.1) is 0 Å². The van der Waals surface area contributed by atoms with Gasteiger partial charge in [0.1, 0.15) is 5.60 Å². The van der Waals surface area contributed by atoms with Crippen molar-refractivity contribution in [3.05, 3.63) is 64.7 Å². The van der Waals surface area contributed by atoms with E-state index in [0.29, 0.717) is 6.61 Å². The van der Waals surface area contributed by atoms with Crippen LogP contribution in [0.4, 0.5) is 5.69 Å². The van der Waals surface area contributed by atoms with Gasteiger partial charge < -0.3 is 10.5 Å². The summed E-state index contributed by atoms with van der Waals surface area (Å²) >= 11 is 0. The molecule has 1 aliphatic heterocycles. The van der Waals surface area contributed by atoms with Crippen molar-refractivity contribution in [2.45, 2.75) is 38.9 Å². The van der Waals surface area contributed by atoms with Crippen LogP contribution < -0.4 is 5.73 Å². The van der Waals surface area contributed by atoms with Crippen molar-refractivity contribution >= 4 is 5.69 Å². The maximum atomic E-state index is 6.28. The van der Waals surface area contributed by atoms with Gasteiger partial charge in [0.25, 0.3) is 0 Å². The van der Waals surface area contributed by atoms with Gasteiger partial charge in [0.15, 0.2) is 0 Å². The Morgan fingerprint density at radius 3 is 2.60 bits per heavy atom. The Bertz CT molecular complexity index is 618. The van der Waals surface area contributed by atoms with Crippen molar-refractivity contribution in [1.82, 2.24) is 0 Å². The number of nitrogens with two attached hydrogens (primary N) is 1. The zero-order valence-corrected chi connectivity index (χ0v) is 12.1. The first-order valence-corrected chi connectivity index (χ1v) is 7.26. The molecule has 2 N–H and O–H groups in total. The standard InChI is InChI=1S/C18H21NO/c1-3-10-18(15-6-4-13(2)5-7-15)17-9-8-16(19)11-14(17)12-20-18/h4-9,11H,3,10,12,19H2,1-2H3. The quantitative estimate of drug-likeness (QED) is 0.848. The zero-order chi connectivity index (χ0) is 14.2. The van der Waals surface area contributed by atoms with Crippen molar-refractivity contribution in [1.29, 1.82) is 0 Å². The molecular formula is C18H21NO. The van der Waals surface area contributed by atoms with Crippen LogP contribution in [-0.2, 0) is 16.9 Å². The molecule has 1 aliphatic rings. The molecule has 0 aromatic heterocycles. The number of hydrogen-bond donors (Lipinski definition) is 1. The van der Waals surface area contributed by atoms with Crippen molar-refractivity contribution in [2.75, 3.05) is 5.73 Å². The van der Waals surface area contributed by atoms with Gasteiger partial charge in [-0.3, -0.25) is 0 Å². The van der Waals surface area contributed by atoms with Crippen LogP contribution in [-0.4, -0.2) is 0 Å². The van der Waals surface area contributed by atoms with E-state index in [1.165, 1.54) is 22.3 Å². The molecule has 2 aromatic rings. The summed E-state index contributed by atoms with van der Waals surface area (Å²) in [6.45, 7) is 4.96. The lowest BCUT2D eigenvalue weighted by atomic mass is 9.82. The van der Waals surface area contributed by atoms with Crippen LogP contribution in [0.5, 0.6) is 0 Å². The average Bonchev–Trinajstić information content (AvgIpc) is 2.79. The van der Waals surface area contributed by atoms with E-state index in [-0.39, 0.29) is 5.60 Å². The predicted octanol–water partition coefficient (Wildman–Crippen LogP) is 4.15. The second-order valence-electron chi connectivity index (χ2n) is 5.65. The van der Waals surface area contributed by atoms with Crippen LogP contribution in [0.1, 0.15) is 42.0 Å². The van der Waals surface area contributed by atoms with Crippen molar-refractivity contribution < 1.29 is 4.74 Å². The first kappa shape index (κ1) is 13.2. The summed E-state index contributed by atoms with van der Waals surface area (Å²) in [6.07, 6.45) is 2.07. The number of hydrogen-bond acceptors (Lipinski definition) is 2. The maximum absolute atomic E-state index is 6.28. The van der Waals surface area contributed by atoms with E-state index >= 15 is 0 Å². The molecule has 2 heteroatoms. The summed E-state index contributed by atoms with van der Waals surface area (Å²) in [5.74, 6) is 0. The molecule has 2 aromatic carbocycles. The molecule has 0 saturated heterocycles. The van der Waals surface area contributed by atoms with Crippen molar-refractivity contribution in [3.8, 4) is 0 Å². The van der Waals surface area contributed by atoms with E-state index < -0.39 is 0 Å². The van der Waals surface area contributed by atoms with Gasteiger partial charge in [-0.05, 0) is 42.2 Å². The molecule has 1 heterocycles. The highest BCUT2D eigenvalue weighted by Gasteiger charge is 2.40. The van der Waals surface area contributed by atoms with E-state index in [4.69, 9.17) is 10.5 Å². The minimum atomic E-state index is -0.300. The van der Waals surface area contributed by atoms with Gasteiger partial charge in [-0.25, -0.2) is 0 Å². The summed E-state index contributed by atoms with van der Waals surface area (Å²) in [4.78, 5) is 0. The number of anilines is 1. The monoisotopic (exact) mass is 267 g/mol. The van der Waals surface area contributed by atoms with Crippen LogP contribution in [0.2, 0.25) is 0 Å². The molecule has 0 radical (unpaired) electrons. The number of rotatable bonds is 3. The van der Waals surface area contributed by atoms with Gasteiger partial charge in [-0.1, -0.05) is 49.2 Å². The van der Waals surface area contributed by atoms with E-state index in [2.05, 4.69) is 44.2 Å². The largest absolute Gasteiger partial charge is 0.399 e. The number of benzene rings is 2. The lowest BCUT2D eigenvalue weighted by Crippen LogP contribution is -2.26. The Labute approximate surface area is 120 Å². The summed E-state index contributed by atoms with van der Waals surface area (Å²) in [7, 11) is 0. The van der Waals surface area contributed by atoms with Crippen molar-refractivity contribution in [2.24, 2.45) is 0 Å². The second-order valence-corrected chi connectivity index (χ2v) is 5.65. The SMILES string of the molecule is CCCC1(c2ccc(C)cc2)OCc2cc(N)ccc21. The highest BCUT2D eigenvalue weighted by atomic mass is 16.5. The van der Waals surface area contributed by atoms with Gasteiger partial charge >= 0.3 is 0 Å². The minimum absolute atomic E-state index is 0.300. The third-order valence-electron chi connectivity index (χ3n) is 4.16. The number of aryl methyl sites for hydroxylation is 1. The predicted molar refractivity (Wildman–Crippen MR) is 82.5 cm³/mol. The van der Waals surface area contributed by atoms with Crippen LogP contribution in [0.3, 0.4) is 0 Å². The van der Waals surface area contributed by atoms with Crippen LogP contribution in [0, 0.1) is 6.92 Å². The van der Waals surface area contributed by atoms with Crippen LogP contribution >= 0.6 is 0 Å². The minimum Gasteiger partial charge on any atom is -0.399 e. The fraction of sp³-hybridized carbons (Fsp3) is 0.333. The van der Waals surface area contributed by atoms with Crippen molar-refractivity contribution in [3.63, 3.8) is 0 Å². The van der Waals surface area contributed by atoms with Crippen LogP contribution in [0.25, 0.3) is 0 Å². The molecule has 0 saturated carbocycles. The Morgan fingerprint density at radius 1 is 1.15 bits per heavy atom. The molecule has 0 fully saturated rings. The Morgan fingerprint density at radius 2 is 1.90 bits per heavy atom. The number of nitrogen functional groups attached to an aromatic ring is 1. The Hall–Kier alpha value is -1.80. The van der Waals surface area contributed by atoms with Crippen LogP contribution in [0.15, 0.2) is 42.5 Å². The maximum Gasteiger partial charge on any atom is 0.119 e. The molecule has 1 atom stereocenters. The smallest absolute Gasteiger partial charge is 0.119 e. The van der Waals surface area contributed by atoms with E-state index in [1.807, 2.05) is 12.1 Å². The normalized spacial score (nSPS) is 20.9. The van der Waals surface area contributed by atoms with E-state index in [0.717, 1.165) is 18.5 Å². The van der Waals surface area contributed by atoms with Gasteiger partial charge in [-0.2, -0.15) is 0 Å². The number of ether oxygens (including phenoxy) is 1. The number of fused-ring (bicyclic) bond motifs is 1. The summed E-state index contributed by atoms with van der Waals surface area (Å²) < 4.78 is 6.28. The average molecular weight is 267 g/mol. The highest BCUT2D eigenvalue weighted by Crippen LogP contribution is 2.45. The van der Waals surface area contributed by atoms with Gasteiger partial charge in [0.2, 0.25) is 0 Å². The first-order valence-electron chi connectivity index (χ1n) is 7.26. The molecule has 3 rings (SSSR count). The molecular weight excluding hydrogens is 246 g/mol. The lowest BCUT2D eigenvalue weighted by molar-refractivity contribution is -0.0121. The molecule has 0 bridgehead atoms. The Balaban J connectivity index is 2.14.